The number of aliphatic hydroxyl groups is 1. The van der Waals surface area contributed by atoms with Gasteiger partial charge in [0.1, 0.15) is 23.9 Å². The minimum Gasteiger partial charge on any atom is -0.493 e. The number of hydrogen-bond donors (Lipinski definition) is 1. The molecule has 2 aliphatic heterocycles. The number of benzene rings is 4. The zero-order chi connectivity index (χ0) is 57.7. The summed E-state index contributed by atoms with van der Waals surface area (Å²) < 4.78 is 58.0. The van der Waals surface area contributed by atoms with E-state index in [9.17, 15) is 19.5 Å². The number of hydrogen-bond acceptors (Lipinski definition) is 16. The van der Waals surface area contributed by atoms with Gasteiger partial charge in [0, 0.05) is 43.2 Å². The Labute approximate surface area is 468 Å². The fourth-order valence-corrected chi connectivity index (χ4v) is 16.6. The Morgan fingerprint density at radius 3 is 1.90 bits per heavy atom. The Kier molecular flexibility index (Phi) is 16.2. The maximum Gasteiger partial charge on any atom is 0.338 e. The van der Waals surface area contributed by atoms with Gasteiger partial charge in [-0.25, -0.2) is 9.59 Å². The average Bonchev–Trinajstić information content (AvgIpc) is 3.60. The van der Waals surface area contributed by atoms with Gasteiger partial charge in [-0.1, -0.05) is 107 Å². The maximum absolute atomic E-state index is 16.6. The highest BCUT2D eigenvalue weighted by molar-refractivity contribution is 6.73. The Bertz CT molecular complexity index is 3030. The molecule has 4 fully saturated rings. The molecule has 2 heterocycles. The van der Waals surface area contributed by atoms with Crippen LogP contribution in [0.1, 0.15) is 119 Å². The highest BCUT2D eigenvalue weighted by Gasteiger charge is 2.79. The third kappa shape index (κ3) is 9.63. The summed E-state index contributed by atoms with van der Waals surface area (Å²) in [4.78, 5) is 91.1. The molecule has 1 N–H and O–H groups in total. The van der Waals surface area contributed by atoms with Gasteiger partial charge >= 0.3 is 23.9 Å². The second-order valence-electron chi connectivity index (χ2n) is 22.5. The van der Waals surface area contributed by atoms with Crippen LogP contribution in [0.2, 0.25) is 18.1 Å². The Morgan fingerprint density at radius 2 is 1.35 bits per heavy atom. The van der Waals surface area contributed by atoms with Crippen LogP contribution in [-0.4, -0.2) is 123 Å². The second kappa shape index (κ2) is 22.3. The van der Waals surface area contributed by atoms with E-state index in [-0.39, 0.29) is 29.7 Å². The Balaban J connectivity index is 1.25. The zero-order valence-corrected chi connectivity index (χ0v) is 48.3. The lowest BCUT2D eigenvalue weighted by molar-refractivity contribution is -0.344. The highest BCUT2D eigenvalue weighted by Crippen LogP contribution is 2.65. The molecular formula is C62H73NO16Si. The van der Waals surface area contributed by atoms with Crippen molar-refractivity contribution in [2.24, 2.45) is 16.7 Å². The van der Waals surface area contributed by atoms with Crippen molar-refractivity contribution >= 4 is 43.9 Å². The van der Waals surface area contributed by atoms with Crippen molar-refractivity contribution in [3.63, 3.8) is 0 Å². The quantitative estimate of drug-likeness (QED) is 0.0480. The van der Waals surface area contributed by atoms with Gasteiger partial charge in [0.15, 0.2) is 49.6 Å². The molecule has 1 amide bonds. The third-order valence-corrected chi connectivity index (χ3v) is 22.8. The van der Waals surface area contributed by atoms with E-state index in [1.54, 1.807) is 137 Å². The van der Waals surface area contributed by atoms with Crippen LogP contribution in [0.5, 0.6) is 11.5 Å². The van der Waals surface area contributed by atoms with E-state index >= 15 is 14.4 Å². The molecule has 0 aromatic heterocycles. The van der Waals surface area contributed by atoms with E-state index in [0.717, 1.165) is 0 Å². The second-order valence-corrected chi connectivity index (χ2v) is 27.2. The number of ether oxygens (including phenoxy) is 8. The van der Waals surface area contributed by atoms with Gasteiger partial charge in [-0.2, -0.15) is 0 Å². The molecule has 426 valence electrons. The van der Waals surface area contributed by atoms with Gasteiger partial charge in [0.25, 0.3) is 5.91 Å². The molecule has 2 bridgehead atoms. The van der Waals surface area contributed by atoms with Crippen LogP contribution in [0, 0.1) is 16.7 Å². The van der Waals surface area contributed by atoms with Gasteiger partial charge < -0.3 is 47.4 Å². The number of esters is 4. The molecule has 4 aromatic carbocycles. The molecule has 0 radical (unpaired) electrons. The molecule has 80 heavy (non-hydrogen) atoms. The number of carbonyl (C=O) groups excluding carboxylic acids is 6. The minimum absolute atomic E-state index is 0.0745. The first-order chi connectivity index (χ1) is 38.1. The molecule has 2 saturated carbocycles. The molecule has 5 aliphatic rings. The van der Waals surface area contributed by atoms with Crippen molar-refractivity contribution in [1.29, 1.82) is 0 Å². The summed E-state index contributed by atoms with van der Waals surface area (Å²) in [5.74, 6) is -5.16. The number of nitrogens with zero attached hydrogens (tertiary/aromatic N) is 1. The summed E-state index contributed by atoms with van der Waals surface area (Å²) in [6.45, 7) is 15.0. The van der Waals surface area contributed by atoms with E-state index < -0.39 is 127 Å². The van der Waals surface area contributed by atoms with E-state index in [1.807, 2.05) is 0 Å². The first-order valence-electron chi connectivity index (χ1n) is 27.5. The SMILES string of the molecule is CC[Si](CC)(CC)O[C@H]1C[C@H]2OC[C@@]2(OC(C)=O)C2C(OC(=O)c3ccccc3)[C@]3(O)C[C@H](OC(=O)[C@@H]4OC(c5ccc(OC)c(OC)c5)N(C(=O)c5ccccc5)[C@H]4c4ccccc4)C(C)=C([C@@H](OC(C)=O)C(=O)[C@@]21C)C3(C)C. The summed E-state index contributed by atoms with van der Waals surface area (Å²) in [6.07, 6.45) is -10.0. The van der Waals surface area contributed by atoms with Crippen LogP contribution >= 0.6 is 0 Å². The summed E-state index contributed by atoms with van der Waals surface area (Å²) >= 11 is 0. The Hall–Kier alpha value is -6.70. The molecule has 18 heteroatoms. The molecular weight excluding hydrogens is 1040 g/mol. The first kappa shape index (κ1) is 58.0. The lowest BCUT2D eigenvalue weighted by atomic mass is 9.44. The van der Waals surface area contributed by atoms with Gasteiger partial charge in [0.2, 0.25) is 0 Å². The van der Waals surface area contributed by atoms with E-state index in [0.29, 0.717) is 46.3 Å². The van der Waals surface area contributed by atoms with Gasteiger partial charge in [-0.15, -0.1) is 0 Å². The van der Waals surface area contributed by atoms with E-state index in [1.165, 1.54) is 33.0 Å². The predicted octanol–water partition coefficient (Wildman–Crippen LogP) is 9.23. The zero-order valence-electron chi connectivity index (χ0n) is 47.3. The van der Waals surface area contributed by atoms with Gasteiger partial charge in [-0.05, 0) is 85.1 Å². The normalized spacial score (nSPS) is 30.5. The van der Waals surface area contributed by atoms with Crippen LogP contribution in [0.4, 0.5) is 0 Å². The number of fused-ring (bicyclic) bond motifs is 5. The van der Waals surface area contributed by atoms with Crippen LogP contribution in [0.25, 0.3) is 0 Å². The van der Waals surface area contributed by atoms with Crippen molar-refractivity contribution in [2.45, 2.75) is 153 Å². The lowest BCUT2D eigenvalue weighted by Crippen LogP contribution is -2.82. The highest BCUT2D eigenvalue weighted by atomic mass is 28.4. The van der Waals surface area contributed by atoms with Gasteiger partial charge in [-0.3, -0.25) is 24.1 Å². The largest absolute Gasteiger partial charge is 0.493 e. The van der Waals surface area contributed by atoms with E-state index in [4.69, 9.17) is 42.3 Å². The molecule has 0 spiro atoms. The summed E-state index contributed by atoms with van der Waals surface area (Å²) in [7, 11) is 0.304. The maximum atomic E-state index is 16.6. The average molecular weight is 1120 g/mol. The first-order valence-corrected chi connectivity index (χ1v) is 30.0. The van der Waals surface area contributed by atoms with Crippen LogP contribution < -0.4 is 9.47 Å². The number of rotatable bonds is 16. The third-order valence-electron chi connectivity index (χ3n) is 18.2. The standard InChI is InChI=1S/C62H73NO16Si/c1-12-80(13-2,14-3)79-46-33-47-61(35-73-47,78-38(6)65)52-54(77-57(68)41-28-22-17-23-29-41)62(70)34-45(36(4)48(59(62,7)8)50(74-37(5)64)53(66)60(46,52)9)75-58(69)51-49(39-24-18-15-19-25-39)63(55(67)40-26-20-16-21-27-40)56(76-51)42-30-31-43(71-10)44(32-42)72-11/h15-32,45-47,49-52,54,56,70H,12-14,33-35H2,1-11H3/t45-,46-,47+,49-,50+,51+,52?,54?,56?,60+,61-,62+/m0/s1. The summed E-state index contributed by atoms with van der Waals surface area (Å²) in [5.41, 5.74) is -5.79. The van der Waals surface area contributed by atoms with Gasteiger partial charge in [0.05, 0.1) is 49.9 Å². The number of methoxy groups -OCH3 is 2. The molecule has 3 unspecified atom stereocenters. The molecule has 2 saturated heterocycles. The molecule has 4 aromatic rings. The monoisotopic (exact) mass is 1120 g/mol. The number of Topliss-reactive ketones (excluding diaryl/α,β-unsaturated/α-hetero) is 1. The number of ketones is 1. The van der Waals surface area contributed by atoms with Crippen LogP contribution in [-0.2, 0) is 52.0 Å². The van der Waals surface area contributed by atoms with Crippen LogP contribution in [0.3, 0.4) is 0 Å². The fraction of sp³-hybridized carbons (Fsp3) is 0.484. The summed E-state index contributed by atoms with van der Waals surface area (Å²) in [6, 6.07) is 31.6. The predicted molar refractivity (Wildman–Crippen MR) is 294 cm³/mol. The Morgan fingerprint density at radius 1 is 0.750 bits per heavy atom. The number of carbonyl (C=O) groups is 6. The minimum atomic E-state index is -2.67. The van der Waals surface area contributed by atoms with Crippen LogP contribution in [0.15, 0.2) is 120 Å². The number of amides is 1. The van der Waals surface area contributed by atoms with Crippen molar-refractivity contribution in [3.05, 3.63) is 143 Å². The van der Waals surface area contributed by atoms with Crippen molar-refractivity contribution in [3.8, 4) is 11.5 Å². The summed E-state index contributed by atoms with van der Waals surface area (Å²) in [5, 5.41) is 14.5. The van der Waals surface area contributed by atoms with Crippen molar-refractivity contribution in [2.75, 3.05) is 20.8 Å². The van der Waals surface area contributed by atoms with Crippen molar-refractivity contribution < 1.29 is 76.2 Å². The fourth-order valence-electron chi connectivity index (χ4n) is 13.6. The molecule has 3 aliphatic carbocycles. The van der Waals surface area contributed by atoms with E-state index in [2.05, 4.69) is 20.8 Å². The molecule has 17 nitrogen and oxygen atoms in total. The smallest absolute Gasteiger partial charge is 0.338 e. The topological polar surface area (TPSA) is 209 Å². The lowest BCUT2D eigenvalue weighted by Gasteiger charge is -2.68. The van der Waals surface area contributed by atoms with Crippen molar-refractivity contribution in [1.82, 2.24) is 4.90 Å². The molecule has 12 atom stereocenters. The molecule has 9 rings (SSSR count).